The summed E-state index contributed by atoms with van der Waals surface area (Å²) < 4.78 is 45.6. The molecule has 0 aromatic carbocycles. The Bertz CT molecular complexity index is 1380. The molecule has 37 heavy (non-hydrogen) atoms. The van der Waals surface area contributed by atoms with E-state index in [1.165, 1.54) is 45.2 Å². The van der Waals surface area contributed by atoms with E-state index >= 15 is 0 Å². The Hall–Kier alpha value is -3.82. The third-order valence-electron chi connectivity index (χ3n) is 5.05. The molecular formula is C21H25ClN8O6S. The number of nitrogens with one attached hydrogen (secondary N) is 2. The van der Waals surface area contributed by atoms with Crippen molar-refractivity contribution < 1.29 is 27.7 Å². The van der Waals surface area contributed by atoms with Gasteiger partial charge in [0.2, 0.25) is 27.7 Å². The molecule has 16 heteroatoms. The minimum atomic E-state index is -4.18. The van der Waals surface area contributed by atoms with Gasteiger partial charge in [0.05, 0.1) is 25.8 Å². The van der Waals surface area contributed by atoms with E-state index in [4.69, 9.17) is 31.2 Å². The van der Waals surface area contributed by atoms with E-state index in [9.17, 15) is 13.5 Å². The summed E-state index contributed by atoms with van der Waals surface area (Å²) in [7, 11) is -0.129. The highest BCUT2D eigenvalue weighted by Gasteiger charge is 2.34. The van der Waals surface area contributed by atoms with Crippen molar-refractivity contribution in [3.05, 3.63) is 53.3 Å². The first-order valence-corrected chi connectivity index (χ1v) is 12.5. The van der Waals surface area contributed by atoms with Crippen molar-refractivity contribution in [2.24, 2.45) is 0 Å². The molecule has 0 spiro atoms. The highest BCUT2D eigenvalue weighted by molar-refractivity contribution is 7.93. The Labute approximate surface area is 217 Å². The van der Waals surface area contributed by atoms with Crippen LogP contribution in [0.5, 0.6) is 5.88 Å². The largest absolute Gasteiger partial charge is 0.510 e. The van der Waals surface area contributed by atoms with Crippen LogP contribution in [-0.2, 0) is 26.0 Å². The molecule has 3 aromatic rings. The van der Waals surface area contributed by atoms with E-state index in [2.05, 4.69) is 29.9 Å². The minimum absolute atomic E-state index is 0.117. The second kappa shape index (κ2) is 11.9. The van der Waals surface area contributed by atoms with Crippen molar-refractivity contribution >= 4 is 33.5 Å². The lowest BCUT2D eigenvalue weighted by atomic mass is 10.2. The molecule has 3 N–H and O–H groups in total. The molecule has 0 aliphatic rings. The number of anilines is 1. The van der Waals surface area contributed by atoms with E-state index in [0.717, 1.165) is 6.08 Å². The van der Waals surface area contributed by atoms with Crippen molar-refractivity contribution in [2.75, 3.05) is 26.1 Å². The van der Waals surface area contributed by atoms with Crippen LogP contribution < -0.4 is 9.46 Å². The number of methoxy groups -OCH3 is 3. The lowest BCUT2D eigenvalue weighted by Crippen LogP contribution is -2.33. The monoisotopic (exact) mass is 552 g/mol. The average Bonchev–Trinajstić information content (AvgIpc) is 3.26. The fourth-order valence-electron chi connectivity index (χ4n) is 3.15. The molecule has 0 saturated heterocycles. The van der Waals surface area contributed by atoms with Gasteiger partial charge < -0.3 is 19.3 Å². The lowest BCUT2D eigenvalue weighted by Gasteiger charge is -2.22. The van der Waals surface area contributed by atoms with Gasteiger partial charge in [-0.05, 0) is 13.0 Å². The topological polar surface area (TPSA) is 187 Å². The Morgan fingerprint density at radius 2 is 1.95 bits per heavy atom. The van der Waals surface area contributed by atoms with Gasteiger partial charge in [-0.2, -0.15) is 0 Å². The zero-order valence-electron chi connectivity index (χ0n) is 20.3. The number of sulfonamides is 1. The second-order valence-corrected chi connectivity index (χ2v) is 9.94. The van der Waals surface area contributed by atoms with Crippen molar-refractivity contribution in [1.82, 2.24) is 29.7 Å². The number of nitrogens with zero attached hydrogens (tertiary/aromatic N) is 6. The van der Waals surface area contributed by atoms with Gasteiger partial charge in [-0.1, -0.05) is 17.7 Å². The van der Waals surface area contributed by atoms with E-state index < -0.39 is 21.4 Å². The third-order valence-corrected chi connectivity index (χ3v) is 6.94. The Balaban J connectivity index is 2.01. The number of allylic oxidation sites excluding steroid dienone is 1. The maximum Gasteiger partial charge on any atom is 0.240 e. The van der Waals surface area contributed by atoms with Crippen molar-refractivity contribution in [2.45, 2.75) is 24.8 Å². The smallest absolute Gasteiger partial charge is 0.240 e. The van der Waals surface area contributed by atoms with Gasteiger partial charge >= 0.3 is 0 Å². The normalized spacial score (nSPS) is 13.6. The van der Waals surface area contributed by atoms with Gasteiger partial charge in [0.15, 0.2) is 11.6 Å². The molecular weight excluding hydrogens is 528 g/mol. The Morgan fingerprint density at radius 1 is 1.24 bits per heavy atom. The number of rotatable bonds is 11. The first-order valence-electron chi connectivity index (χ1n) is 10.6. The quantitative estimate of drug-likeness (QED) is 0.180. The summed E-state index contributed by atoms with van der Waals surface area (Å²) in [6.07, 6.45) is 2.68. The molecule has 3 rings (SSSR count). The molecule has 0 saturated carbocycles. The first-order chi connectivity index (χ1) is 17.6. The van der Waals surface area contributed by atoms with Gasteiger partial charge in [-0.15, -0.1) is 10.2 Å². The number of ether oxygens (including phenoxy) is 3. The summed E-state index contributed by atoms with van der Waals surface area (Å²) in [5.74, 6) is -0.331. The number of hydrogen-bond acceptors (Lipinski definition) is 12. The summed E-state index contributed by atoms with van der Waals surface area (Å²) in [4.78, 5) is 12.4. The molecule has 0 unspecified atom stereocenters. The molecule has 0 amide bonds. The molecule has 0 radical (unpaired) electrons. The van der Waals surface area contributed by atoms with Crippen molar-refractivity contribution in [3.8, 4) is 17.4 Å². The van der Waals surface area contributed by atoms with Gasteiger partial charge in [0.25, 0.3) is 0 Å². The van der Waals surface area contributed by atoms with Crippen LogP contribution in [0.2, 0.25) is 5.02 Å². The number of pyridine rings is 1. The second-order valence-electron chi connectivity index (χ2n) is 7.47. The van der Waals surface area contributed by atoms with Crippen LogP contribution in [-0.4, -0.2) is 75.7 Å². The van der Waals surface area contributed by atoms with Gasteiger partial charge in [-0.3, -0.25) is 14.7 Å². The predicted molar refractivity (Wildman–Crippen MR) is 134 cm³/mol. The molecule has 0 bridgehead atoms. The minimum Gasteiger partial charge on any atom is -0.510 e. The van der Waals surface area contributed by atoms with Gasteiger partial charge in [0.1, 0.15) is 22.8 Å². The van der Waals surface area contributed by atoms with Crippen LogP contribution in [0.4, 0.5) is 5.95 Å². The lowest BCUT2D eigenvalue weighted by molar-refractivity contribution is 0.0950. The maximum atomic E-state index is 13.3. The fraction of sp³-hybridized carbons (Fsp3) is 0.333. The maximum absolute atomic E-state index is 13.3. The highest BCUT2D eigenvalue weighted by atomic mass is 35.5. The third kappa shape index (κ3) is 6.69. The van der Waals surface area contributed by atoms with E-state index in [1.807, 2.05) is 0 Å². The zero-order chi connectivity index (χ0) is 27.2. The number of hydrogen-bond donors (Lipinski definition) is 3. The molecule has 2 atom stereocenters. The molecule has 3 aromatic heterocycles. The summed E-state index contributed by atoms with van der Waals surface area (Å²) in [6, 6.07) is 4.90. The number of aliphatic hydroxyl groups is 1. The zero-order valence-corrected chi connectivity index (χ0v) is 21.9. The summed E-state index contributed by atoms with van der Waals surface area (Å²) in [6.45, 7) is 1.10. The Kier molecular flexibility index (Phi) is 8.96. The number of aliphatic hydroxyl groups excluding tert-OH is 1. The van der Waals surface area contributed by atoms with Crippen molar-refractivity contribution in [3.63, 3.8) is 0 Å². The van der Waals surface area contributed by atoms with Crippen LogP contribution >= 0.6 is 11.6 Å². The van der Waals surface area contributed by atoms with Gasteiger partial charge in [-0.25, -0.2) is 23.4 Å². The Morgan fingerprint density at radius 3 is 2.57 bits per heavy atom. The fourth-order valence-corrected chi connectivity index (χ4v) is 4.40. The molecule has 14 nitrogen and oxygen atoms in total. The van der Waals surface area contributed by atoms with E-state index in [-0.39, 0.29) is 46.7 Å². The van der Waals surface area contributed by atoms with E-state index in [0.29, 0.717) is 5.69 Å². The first kappa shape index (κ1) is 27.8. The van der Waals surface area contributed by atoms with Crippen LogP contribution in [0.3, 0.4) is 0 Å². The summed E-state index contributed by atoms with van der Waals surface area (Å²) in [5.41, 5.74) is 0.296. The summed E-state index contributed by atoms with van der Waals surface area (Å²) >= 11 is 5.83. The van der Waals surface area contributed by atoms with Crippen molar-refractivity contribution in [1.29, 1.82) is 5.41 Å². The van der Waals surface area contributed by atoms with E-state index in [1.54, 1.807) is 18.2 Å². The molecule has 0 aliphatic carbocycles. The van der Waals surface area contributed by atoms with Crippen LogP contribution in [0.1, 0.15) is 18.9 Å². The SMILES string of the molecule is COC(=N)/C=C(\O)Cn1c(NS(=O)(=O)[C@@H](C)[C@H](OC)c2ncc(Cl)cn2)nnc1-c1cccc(OC)n1. The van der Waals surface area contributed by atoms with Gasteiger partial charge in [0, 0.05) is 31.6 Å². The van der Waals surface area contributed by atoms with Crippen LogP contribution in [0.25, 0.3) is 11.5 Å². The average molecular weight is 553 g/mol. The highest BCUT2D eigenvalue weighted by Crippen LogP contribution is 2.27. The number of halogens is 1. The van der Waals surface area contributed by atoms with Crippen LogP contribution in [0, 0.1) is 5.41 Å². The predicted octanol–water partition coefficient (Wildman–Crippen LogP) is 2.38. The molecule has 3 heterocycles. The van der Waals surface area contributed by atoms with Crippen LogP contribution in [0.15, 0.2) is 42.4 Å². The number of aromatic nitrogens is 6. The molecule has 0 aliphatic heterocycles. The standard InChI is InChI=1S/C21H25ClN8O6S/c1-12(18(36-4)19-24-9-13(22)10-25-19)37(32,33)29-21-28-27-20(15-6-5-7-17(26-15)35-3)30(21)11-14(31)8-16(23)34-2/h5-10,12,18,23,31H,11H2,1-4H3,(H,28,29)/b14-8-,23-16?/t12-,18-/m0/s1. The molecule has 0 fully saturated rings. The summed E-state index contributed by atoms with van der Waals surface area (Å²) in [5, 5.41) is 25.2. The molecule has 198 valence electrons.